The van der Waals surface area contributed by atoms with Crippen molar-refractivity contribution in [2.75, 3.05) is 6.61 Å². The number of hydrogen-bond acceptors (Lipinski definition) is 2. The number of fused-ring (bicyclic) bond motifs is 1. The molecule has 0 saturated carbocycles. The number of benzene rings is 1. The summed E-state index contributed by atoms with van der Waals surface area (Å²) in [5.74, 6) is -1.11. The SMILES string of the molecule is O=C(O)C[C@@H]1CCOc2cc(C(F)(F)F)ccc21. The molecule has 6 heteroatoms. The van der Waals surface area contributed by atoms with E-state index in [0.29, 0.717) is 12.0 Å². The molecule has 1 heterocycles. The van der Waals surface area contributed by atoms with Crippen molar-refractivity contribution in [1.29, 1.82) is 0 Å². The Kier molecular flexibility index (Phi) is 3.19. The average molecular weight is 260 g/mol. The van der Waals surface area contributed by atoms with Crippen LogP contribution in [-0.4, -0.2) is 17.7 Å². The molecule has 1 N–H and O–H groups in total. The van der Waals surface area contributed by atoms with Crippen LogP contribution in [0.1, 0.15) is 29.9 Å². The van der Waals surface area contributed by atoms with Gasteiger partial charge in [-0.3, -0.25) is 4.79 Å². The smallest absolute Gasteiger partial charge is 0.416 e. The van der Waals surface area contributed by atoms with E-state index in [0.717, 1.165) is 12.1 Å². The van der Waals surface area contributed by atoms with E-state index in [-0.39, 0.29) is 24.7 Å². The monoisotopic (exact) mass is 260 g/mol. The van der Waals surface area contributed by atoms with E-state index < -0.39 is 17.7 Å². The van der Waals surface area contributed by atoms with Crippen LogP contribution in [0.2, 0.25) is 0 Å². The summed E-state index contributed by atoms with van der Waals surface area (Å²) < 4.78 is 42.7. The molecule has 1 aliphatic rings. The molecule has 0 aromatic heterocycles. The van der Waals surface area contributed by atoms with Crippen molar-refractivity contribution >= 4 is 5.97 Å². The molecule has 1 atom stereocenters. The third kappa shape index (κ3) is 2.57. The second kappa shape index (κ2) is 4.51. The predicted molar refractivity (Wildman–Crippen MR) is 56.5 cm³/mol. The predicted octanol–water partition coefficient (Wildman–Crippen LogP) is 3.05. The van der Waals surface area contributed by atoms with Crippen LogP contribution >= 0.6 is 0 Å². The molecule has 0 bridgehead atoms. The standard InChI is InChI=1S/C12H11F3O3/c13-12(14,15)8-1-2-9-7(5-11(16)17)3-4-18-10(9)6-8/h1-2,6-7H,3-5H2,(H,16,17)/t7-/m0/s1. The van der Waals surface area contributed by atoms with Crippen molar-refractivity contribution in [3.63, 3.8) is 0 Å². The lowest BCUT2D eigenvalue weighted by atomic mass is 9.89. The fourth-order valence-electron chi connectivity index (χ4n) is 2.06. The second-order valence-electron chi connectivity index (χ2n) is 4.18. The lowest BCUT2D eigenvalue weighted by Crippen LogP contribution is -2.18. The number of alkyl halides is 3. The van der Waals surface area contributed by atoms with Crippen LogP contribution < -0.4 is 4.74 Å². The molecule has 1 aromatic carbocycles. The maximum absolute atomic E-state index is 12.5. The number of aliphatic carboxylic acids is 1. The summed E-state index contributed by atoms with van der Waals surface area (Å²) in [6.45, 7) is 0.242. The quantitative estimate of drug-likeness (QED) is 0.889. The van der Waals surface area contributed by atoms with E-state index in [1.54, 1.807) is 0 Å². The largest absolute Gasteiger partial charge is 0.493 e. The maximum Gasteiger partial charge on any atom is 0.416 e. The highest BCUT2D eigenvalue weighted by Crippen LogP contribution is 2.39. The lowest BCUT2D eigenvalue weighted by molar-refractivity contribution is -0.139. The van der Waals surface area contributed by atoms with Crippen LogP contribution in [0.3, 0.4) is 0 Å². The summed E-state index contributed by atoms with van der Waals surface area (Å²) in [6.07, 6.45) is -4.01. The van der Waals surface area contributed by atoms with E-state index in [9.17, 15) is 18.0 Å². The topological polar surface area (TPSA) is 46.5 Å². The second-order valence-corrected chi connectivity index (χ2v) is 4.18. The third-order valence-corrected chi connectivity index (χ3v) is 2.93. The normalized spacial score (nSPS) is 18.9. The molecule has 0 amide bonds. The van der Waals surface area contributed by atoms with Gasteiger partial charge in [0.1, 0.15) is 5.75 Å². The Morgan fingerprint density at radius 2 is 2.17 bits per heavy atom. The van der Waals surface area contributed by atoms with Crippen molar-refractivity contribution in [3.05, 3.63) is 29.3 Å². The van der Waals surface area contributed by atoms with Gasteiger partial charge in [-0.25, -0.2) is 0 Å². The third-order valence-electron chi connectivity index (χ3n) is 2.93. The van der Waals surface area contributed by atoms with Gasteiger partial charge in [-0.05, 0) is 24.1 Å². The van der Waals surface area contributed by atoms with E-state index in [1.165, 1.54) is 6.07 Å². The Bertz CT molecular complexity index is 468. The van der Waals surface area contributed by atoms with E-state index >= 15 is 0 Å². The van der Waals surface area contributed by atoms with Gasteiger partial charge in [0.05, 0.1) is 18.6 Å². The fraction of sp³-hybridized carbons (Fsp3) is 0.417. The molecule has 0 fully saturated rings. The van der Waals surface area contributed by atoms with Gasteiger partial charge in [0, 0.05) is 5.92 Å². The zero-order chi connectivity index (χ0) is 13.3. The molecule has 0 aliphatic carbocycles. The van der Waals surface area contributed by atoms with E-state index in [1.807, 2.05) is 0 Å². The van der Waals surface area contributed by atoms with Gasteiger partial charge in [-0.15, -0.1) is 0 Å². The summed E-state index contributed by atoms with van der Waals surface area (Å²) in [5, 5.41) is 8.75. The maximum atomic E-state index is 12.5. The average Bonchev–Trinajstić information content (AvgIpc) is 2.27. The van der Waals surface area contributed by atoms with E-state index in [4.69, 9.17) is 9.84 Å². The first-order chi connectivity index (χ1) is 8.38. The zero-order valence-corrected chi connectivity index (χ0v) is 9.33. The van der Waals surface area contributed by atoms with Gasteiger partial charge < -0.3 is 9.84 Å². The number of carbonyl (C=O) groups is 1. The molecule has 0 spiro atoms. The lowest BCUT2D eigenvalue weighted by Gasteiger charge is -2.25. The number of hydrogen-bond donors (Lipinski definition) is 1. The molecular formula is C12H11F3O3. The summed E-state index contributed by atoms with van der Waals surface area (Å²) in [4.78, 5) is 10.7. The van der Waals surface area contributed by atoms with Crippen LogP contribution in [0.5, 0.6) is 5.75 Å². The van der Waals surface area contributed by atoms with Crippen molar-refractivity contribution in [1.82, 2.24) is 0 Å². The van der Waals surface area contributed by atoms with Gasteiger partial charge in [-0.1, -0.05) is 6.07 Å². The summed E-state index contributed by atoms with van der Waals surface area (Å²) >= 11 is 0. The molecule has 1 aliphatic heterocycles. The Labute approximate surface area is 101 Å². The van der Waals surface area contributed by atoms with Crippen LogP contribution in [0.25, 0.3) is 0 Å². The van der Waals surface area contributed by atoms with Crippen molar-refractivity contribution in [2.45, 2.75) is 24.9 Å². The molecular weight excluding hydrogens is 249 g/mol. The minimum absolute atomic E-state index is 0.0955. The highest BCUT2D eigenvalue weighted by Gasteiger charge is 2.33. The van der Waals surface area contributed by atoms with Crippen LogP contribution in [0.15, 0.2) is 18.2 Å². The number of halogens is 3. The fourth-order valence-corrected chi connectivity index (χ4v) is 2.06. The zero-order valence-electron chi connectivity index (χ0n) is 9.33. The first-order valence-corrected chi connectivity index (χ1v) is 5.43. The van der Waals surface area contributed by atoms with Gasteiger partial charge in [0.25, 0.3) is 0 Å². The van der Waals surface area contributed by atoms with Crippen molar-refractivity contribution in [3.8, 4) is 5.75 Å². The molecule has 2 rings (SSSR count). The van der Waals surface area contributed by atoms with Crippen LogP contribution in [0.4, 0.5) is 13.2 Å². The van der Waals surface area contributed by atoms with Gasteiger partial charge in [-0.2, -0.15) is 13.2 Å². The summed E-state index contributed by atoms with van der Waals surface area (Å²) in [7, 11) is 0. The molecule has 0 unspecified atom stereocenters. The van der Waals surface area contributed by atoms with Gasteiger partial charge in [0.2, 0.25) is 0 Å². The number of rotatable bonds is 2. The number of ether oxygens (including phenoxy) is 1. The number of carboxylic acid groups (broad SMARTS) is 1. The Morgan fingerprint density at radius 3 is 2.78 bits per heavy atom. The van der Waals surface area contributed by atoms with Crippen molar-refractivity contribution in [2.24, 2.45) is 0 Å². The summed E-state index contributed by atoms with van der Waals surface area (Å²) in [5.41, 5.74) is -0.242. The first kappa shape index (κ1) is 12.7. The minimum atomic E-state index is -4.42. The molecule has 3 nitrogen and oxygen atoms in total. The van der Waals surface area contributed by atoms with Gasteiger partial charge >= 0.3 is 12.1 Å². The van der Waals surface area contributed by atoms with Crippen molar-refractivity contribution < 1.29 is 27.8 Å². The Hall–Kier alpha value is -1.72. The molecule has 1 aromatic rings. The van der Waals surface area contributed by atoms with E-state index in [2.05, 4.69) is 0 Å². The molecule has 0 radical (unpaired) electrons. The molecule has 18 heavy (non-hydrogen) atoms. The highest BCUT2D eigenvalue weighted by atomic mass is 19.4. The van der Waals surface area contributed by atoms with Crippen LogP contribution in [0, 0.1) is 0 Å². The molecule has 98 valence electrons. The Morgan fingerprint density at radius 1 is 1.44 bits per heavy atom. The van der Waals surface area contributed by atoms with Crippen LogP contribution in [-0.2, 0) is 11.0 Å². The van der Waals surface area contributed by atoms with Gasteiger partial charge in [0.15, 0.2) is 0 Å². The molecule has 0 saturated heterocycles. The Balaban J connectivity index is 2.33. The number of carboxylic acids is 1. The highest BCUT2D eigenvalue weighted by molar-refractivity contribution is 5.68. The summed E-state index contributed by atoms with van der Waals surface area (Å²) in [6, 6.07) is 3.20. The first-order valence-electron chi connectivity index (χ1n) is 5.43. The minimum Gasteiger partial charge on any atom is -0.493 e.